The summed E-state index contributed by atoms with van der Waals surface area (Å²) in [6, 6.07) is 3.96. The molecule has 1 aliphatic rings. The first-order chi connectivity index (χ1) is 9.78. The van der Waals surface area contributed by atoms with Crippen LogP contribution in [0.4, 0.5) is 5.82 Å². The molecule has 0 saturated carbocycles. The summed E-state index contributed by atoms with van der Waals surface area (Å²) in [5.41, 5.74) is 6.95. The van der Waals surface area contributed by atoms with E-state index in [1.54, 1.807) is 0 Å². The van der Waals surface area contributed by atoms with Gasteiger partial charge in [-0.25, -0.2) is 4.98 Å². The van der Waals surface area contributed by atoms with Gasteiger partial charge in [0.1, 0.15) is 11.5 Å². The molecule has 6 heteroatoms. The zero-order valence-corrected chi connectivity index (χ0v) is 12.8. The van der Waals surface area contributed by atoms with Gasteiger partial charge in [-0.3, -0.25) is 0 Å². The third-order valence-electron chi connectivity index (χ3n) is 4.30. The van der Waals surface area contributed by atoms with Crippen LogP contribution in [0.25, 0.3) is 17.1 Å². The van der Waals surface area contributed by atoms with E-state index in [1.807, 2.05) is 58.1 Å². The molecule has 3 N–H and O–H groups in total. The van der Waals surface area contributed by atoms with Crippen LogP contribution in [0, 0.1) is 0 Å². The average Bonchev–Trinajstić information content (AvgIpc) is 2.88. The Kier molecular flexibility index (Phi) is 3.11. The fourth-order valence-corrected chi connectivity index (χ4v) is 2.30. The molecule has 2 aromatic rings. The fraction of sp³-hybridized carbons (Fsp3) is 0.400. The number of aromatic amines is 1. The standard InChI is InChI=1S/C15H20BN3O2/c1-14(2)15(3,4)21-16(20-14)7-5-10-9-11-6-8-18-13(11)19-12(10)17/h5-9H,1-4H3,(H3,17,18,19)/b7-5+. The number of nitrogens with two attached hydrogens (primary N) is 1. The molecule has 0 radical (unpaired) electrons. The minimum Gasteiger partial charge on any atom is -0.400 e. The van der Waals surface area contributed by atoms with Crippen LogP contribution in [-0.4, -0.2) is 28.3 Å². The molecule has 21 heavy (non-hydrogen) atoms. The molecule has 0 aliphatic carbocycles. The third-order valence-corrected chi connectivity index (χ3v) is 4.30. The maximum atomic E-state index is 5.97. The van der Waals surface area contributed by atoms with Gasteiger partial charge < -0.3 is 20.0 Å². The lowest BCUT2D eigenvalue weighted by molar-refractivity contribution is 0.00578. The number of fused-ring (bicyclic) bond motifs is 1. The van der Waals surface area contributed by atoms with Crippen molar-refractivity contribution in [3.8, 4) is 0 Å². The second kappa shape index (κ2) is 4.61. The quantitative estimate of drug-likeness (QED) is 0.832. The summed E-state index contributed by atoms with van der Waals surface area (Å²) in [5, 5.41) is 1.03. The molecule has 1 aliphatic heterocycles. The summed E-state index contributed by atoms with van der Waals surface area (Å²) in [5.74, 6) is 2.36. The van der Waals surface area contributed by atoms with Crippen LogP contribution in [0.5, 0.6) is 0 Å². The molecule has 0 spiro atoms. The summed E-state index contributed by atoms with van der Waals surface area (Å²) >= 11 is 0. The molecule has 0 amide bonds. The van der Waals surface area contributed by atoms with Crippen molar-refractivity contribution in [2.24, 2.45) is 0 Å². The zero-order chi connectivity index (χ0) is 15.3. The number of hydrogen-bond donors (Lipinski definition) is 2. The van der Waals surface area contributed by atoms with Gasteiger partial charge in [-0.2, -0.15) is 0 Å². The third kappa shape index (κ3) is 2.45. The molecule has 2 aromatic heterocycles. The van der Waals surface area contributed by atoms with E-state index < -0.39 is 0 Å². The van der Waals surface area contributed by atoms with E-state index in [1.165, 1.54) is 0 Å². The zero-order valence-electron chi connectivity index (χ0n) is 12.8. The molecule has 3 heterocycles. The molecule has 0 atom stereocenters. The Morgan fingerprint density at radius 2 is 1.90 bits per heavy atom. The van der Waals surface area contributed by atoms with E-state index in [4.69, 9.17) is 15.0 Å². The molecule has 3 rings (SSSR count). The summed E-state index contributed by atoms with van der Waals surface area (Å²) < 4.78 is 11.8. The van der Waals surface area contributed by atoms with Crippen molar-refractivity contribution < 1.29 is 9.31 Å². The van der Waals surface area contributed by atoms with Gasteiger partial charge >= 0.3 is 7.12 Å². The highest BCUT2D eigenvalue weighted by molar-refractivity contribution is 6.52. The first-order valence-corrected chi connectivity index (χ1v) is 7.06. The summed E-state index contributed by atoms with van der Waals surface area (Å²) in [6.45, 7) is 8.12. The number of hydrogen-bond acceptors (Lipinski definition) is 4. The number of nitrogen functional groups attached to an aromatic ring is 1. The Morgan fingerprint density at radius 1 is 1.24 bits per heavy atom. The molecule has 0 bridgehead atoms. The van der Waals surface area contributed by atoms with E-state index in [9.17, 15) is 0 Å². The highest BCUT2D eigenvalue weighted by Gasteiger charge is 2.49. The van der Waals surface area contributed by atoms with Crippen LogP contribution in [0.3, 0.4) is 0 Å². The monoisotopic (exact) mass is 285 g/mol. The Balaban J connectivity index is 1.84. The van der Waals surface area contributed by atoms with Gasteiger partial charge in [-0.15, -0.1) is 0 Å². The predicted molar refractivity (Wildman–Crippen MR) is 85.6 cm³/mol. The van der Waals surface area contributed by atoms with Crippen LogP contribution in [0.15, 0.2) is 24.3 Å². The largest absolute Gasteiger partial charge is 0.487 e. The highest BCUT2D eigenvalue weighted by atomic mass is 16.7. The van der Waals surface area contributed by atoms with E-state index in [0.717, 1.165) is 16.6 Å². The van der Waals surface area contributed by atoms with Gasteiger partial charge in [0, 0.05) is 17.1 Å². The Morgan fingerprint density at radius 3 is 2.57 bits per heavy atom. The number of aromatic nitrogens is 2. The van der Waals surface area contributed by atoms with Gasteiger partial charge in [-0.05, 0) is 39.8 Å². The lowest BCUT2D eigenvalue weighted by atomic mass is 9.89. The first-order valence-electron chi connectivity index (χ1n) is 7.06. The summed E-state index contributed by atoms with van der Waals surface area (Å²) in [6.07, 6.45) is 3.75. The van der Waals surface area contributed by atoms with Crippen LogP contribution in [-0.2, 0) is 9.31 Å². The average molecular weight is 285 g/mol. The number of pyridine rings is 1. The van der Waals surface area contributed by atoms with Crippen molar-refractivity contribution in [1.29, 1.82) is 0 Å². The predicted octanol–water partition coefficient (Wildman–Crippen LogP) is 2.79. The molecule has 5 nitrogen and oxygen atoms in total. The topological polar surface area (TPSA) is 73.2 Å². The Labute approximate surface area is 124 Å². The second-order valence-electron chi connectivity index (χ2n) is 6.36. The van der Waals surface area contributed by atoms with Crippen molar-refractivity contribution in [2.45, 2.75) is 38.9 Å². The van der Waals surface area contributed by atoms with Gasteiger partial charge in [0.15, 0.2) is 0 Å². The van der Waals surface area contributed by atoms with Crippen molar-refractivity contribution in [3.05, 3.63) is 29.9 Å². The molecular weight excluding hydrogens is 265 g/mol. The smallest absolute Gasteiger partial charge is 0.400 e. The van der Waals surface area contributed by atoms with Crippen LogP contribution < -0.4 is 5.73 Å². The van der Waals surface area contributed by atoms with E-state index in [2.05, 4.69) is 9.97 Å². The van der Waals surface area contributed by atoms with Gasteiger partial charge in [0.2, 0.25) is 0 Å². The van der Waals surface area contributed by atoms with E-state index >= 15 is 0 Å². The molecule has 0 unspecified atom stereocenters. The SMILES string of the molecule is CC1(C)OB(/C=C/c2cc3cc[nH]c3nc2N)OC1(C)C. The van der Waals surface area contributed by atoms with Gasteiger partial charge in [0.05, 0.1) is 11.2 Å². The maximum Gasteiger partial charge on any atom is 0.487 e. The molecule has 1 fully saturated rings. The maximum absolute atomic E-state index is 5.97. The minimum absolute atomic E-state index is 0.337. The molecule has 110 valence electrons. The number of anilines is 1. The van der Waals surface area contributed by atoms with Gasteiger partial charge in [-0.1, -0.05) is 12.1 Å². The van der Waals surface area contributed by atoms with Crippen molar-refractivity contribution in [2.75, 3.05) is 5.73 Å². The lowest BCUT2D eigenvalue weighted by Gasteiger charge is -2.32. The van der Waals surface area contributed by atoms with Crippen LogP contribution in [0.1, 0.15) is 33.3 Å². The van der Waals surface area contributed by atoms with Gasteiger partial charge in [0.25, 0.3) is 0 Å². The highest BCUT2D eigenvalue weighted by Crippen LogP contribution is 2.37. The number of H-pyrrole nitrogens is 1. The summed E-state index contributed by atoms with van der Waals surface area (Å²) in [7, 11) is -0.378. The van der Waals surface area contributed by atoms with Crippen molar-refractivity contribution in [3.63, 3.8) is 0 Å². The normalized spacial score (nSPS) is 20.7. The summed E-state index contributed by atoms with van der Waals surface area (Å²) in [4.78, 5) is 7.37. The minimum atomic E-state index is -0.378. The number of nitrogens with zero attached hydrogens (tertiary/aromatic N) is 1. The Bertz CT molecular complexity index is 690. The molecule has 1 saturated heterocycles. The van der Waals surface area contributed by atoms with Crippen LogP contribution in [0.2, 0.25) is 0 Å². The number of nitrogens with one attached hydrogen (secondary N) is 1. The van der Waals surface area contributed by atoms with E-state index in [-0.39, 0.29) is 18.3 Å². The first kappa shape index (κ1) is 14.2. The lowest BCUT2D eigenvalue weighted by Crippen LogP contribution is -2.41. The second-order valence-corrected chi connectivity index (χ2v) is 6.36. The number of rotatable bonds is 2. The molecule has 0 aromatic carbocycles. The van der Waals surface area contributed by atoms with Crippen LogP contribution >= 0.6 is 0 Å². The Hall–Kier alpha value is -1.79. The van der Waals surface area contributed by atoms with E-state index in [0.29, 0.717) is 5.82 Å². The van der Waals surface area contributed by atoms with Crippen molar-refractivity contribution >= 4 is 30.0 Å². The fourth-order valence-electron chi connectivity index (χ4n) is 2.30. The molecular formula is C15H20BN3O2. The van der Waals surface area contributed by atoms with Crippen molar-refractivity contribution in [1.82, 2.24) is 9.97 Å².